The summed E-state index contributed by atoms with van der Waals surface area (Å²) in [5.41, 5.74) is 8.09. The average molecular weight is 385 g/mol. The second-order valence-electron chi connectivity index (χ2n) is 4.68. The highest BCUT2D eigenvalue weighted by atomic mass is 79.9. The van der Waals surface area contributed by atoms with E-state index in [-0.39, 0.29) is 17.4 Å². The Morgan fingerprint density at radius 3 is 2.50 bits per heavy atom. The van der Waals surface area contributed by atoms with Gasteiger partial charge in [-0.25, -0.2) is 5.01 Å². The SMILES string of the molecule is CN1C(=O)[C@@H](CC(N)=O)N(NC(=O)c2ccc(Br)cc2)C1=S. The maximum absolute atomic E-state index is 12.2. The van der Waals surface area contributed by atoms with Crippen LogP contribution in [0.3, 0.4) is 0 Å². The summed E-state index contributed by atoms with van der Waals surface area (Å²) in [5, 5.41) is 1.31. The van der Waals surface area contributed by atoms with Crippen molar-refractivity contribution >= 4 is 51.0 Å². The summed E-state index contributed by atoms with van der Waals surface area (Å²) < 4.78 is 0.835. The predicted octanol–water partition coefficient (Wildman–Crippen LogP) is 0.397. The lowest BCUT2D eigenvalue weighted by molar-refractivity contribution is -0.130. The highest BCUT2D eigenvalue weighted by Crippen LogP contribution is 2.18. The van der Waals surface area contributed by atoms with Gasteiger partial charge in [-0.2, -0.15) is 0 Å². The Balaban J connectivity index is 2.19. The van der Waals surface area contributed by atoms with Gasteiger partial charge in [0.25, 0.3) is 11.8 Å². The molecule has 1 aromatic rings. The van der Waals surface area contributed by atoms with Crippen LogP contribution in [-0.4, -0.2) is 45.8 Å². The molecular formula is C13H13BrN4O3S. The molecule has 1 atom stereocenters. The van der Waals surface area contributed by atoms with Gasteiger partial charge in [-0.15, -0.1) is 0 Å². The Hall–Kier alpha value is -2.00. The number of likely N-dealkylation sites (N-methyl/N-ethyl adjacent to an activating group) is 1. The summed E-state index contributed by atoms with van der Waals surface area (Å²) in [4.78, 5) is 36.6. The molecular weight excluding hydrogens is 372 g/mol. The van der Waals surface area contributed by atoms with Crippen molar-refractivity contribution in [1.29, 1.82) is 0 Å². The summed E-state index contributed by atoms with van der Waals surface area (Å²) in [7, 11) is 1.48. The van der Waals surface area contributed by atoms with Crippen LogP contribution < -0.4 is 11.2 Å². The molecule has 1 fully saturated rings. The zero-order valence-corrected chi connectivity index (χ0v) is 14.0. The molecule has 1 heterocycles. The summed E-state index contributed by atoms with van der Waals surface area (Å²) in [6.45, 7) is 0. The Labute approximate surface area is 140 Å². The van der Waals surface area contributed by atoms with E-state index in [1.807, 2.05) is 0 Å². The number of rotatable bonds is 4. The fourth-order valence-electron chi connectivity index (χ4n) is 1.99. The largest absolute Gasteiger partial charge is 0.370 e. The van der Waals surface area contributed by atoms with E-state index in [1.165, 1.54) is 17.0 Å². The zero-order chi connectivity index (χ0) is 16.4. The van der Waals surface area contributed by atoms with Crippen molar-refractivity contribution in [2.75, 3.05) is 7.05 Å². The zero-order valence-electron chi connectivity index (χ0n) is 11.6. The highest BCUT2D eigenvalue weighted by molar-refractivity contribution is 9.10. The Kier molecular flexibility index (Phi) is 4.77. The minimum Gasteiger partial charge on any atom is -0.370 e. The van der Waals surface area contributed by atoms with Gasteiger partial charge in [0.1, 0.15) is 6.04 Å². The molecule has 7 nitrogen and oxygen atoms in total. The van der Waals surface area contributed by atoms with E-state index >= 15 is 0 Å². The van der Waals surface area contributed by atoms with Crippen LogP contribution in [0.2, 0.25) is 0 Å². The van der Waals surface area contributed by atoms with Crippen LogP contribution in [0.15, 0.2) is 28.7 Å². The van der Waals surface area contributed by atoms with E-state index in [0.717, 1.165) is 4.47 Å². The van der Waals surface area contributed by atoms with Gasteiger partial charge in [0.15, 0.2) is 5.11 Å². The molecule has 3 amide bonds. The average Bonchev–Trinajstić information content (AvgIpc) is 2.65. The number of primary amides is 1. The normalized spacial score (nSPS) is 17.8. The molecule has 0 saturated carbocycles. The van der Waals surface area contributed by atoms with Crippen LogP contribution >= 0.6 is 28.1 Å². The lowest BCUT2D eigenvalue weighted by atomic mass is 10.2. The monoisotopic (exact) mass is 384 g/mol. The van der Waals surface area contributed by atoms with Gasteiger partial charge in [0.05, 0.1) is 6.42 Å². The van der Waals surface area contributed by atoms with E-state index in [1.54, 1.807) is 24.3 Å². The molecule has 22 heavy (non-hydrogen) atoms. The van der Waals surface area contributed by atoms with Crippen LogP contribution in [0.1, 0.15) is 16.8 Å². The van der Waals surface area contributed by atoms with Crippen molar-refractivity contribution in [1.82, 2.24) is 15.3 Å². The van der Waals surface area contributed by atoms with Crippen molar-refractivity contribution in [2.45, 2.75) is 12.5 Å². The van der Waals surface area contributed by atoms with Crippen molar-refractivity contribution in [3.05, 3.63) is 34.3 Å². The first-order valence-corrected chi connectivity index (χ1v) is 7.47. The third-order valence-electron chi connectivity index (χ3n) is 3.14. The second-order valence-corrected chi connectivity index (χ2v) is 5.96. The number of nitrogens with zero attached hydrogens (tertiary/aromatic N) is 2. The molecule has 0 spiro atoms. The molecule has 1 saturated heterocycles. The summed E-state index contributed by atoms with van der Waals surface area (Å²) in [6, 6.07) is 5.75. The smallest absolute Gasteiger partial charge is 0.269 e. The van der Waals surface area contributed by atoms with Crippen molar-refractivity contribution in [3.63, 3.8) is 0 Å². The van der Waals surface area contributed by atoms with E-state index in [2.05, 4.69) is 21.4 Å². The van der Waals surface area contributed by atoms with Crippen LogP contribution in [0.25, 0.3) is 0 Å². The van der Waals surface area contributed by atoms with Crippen LogP contribution in [-0.2, 0) is 9.59 Å². The van der Waals surface area contributed by atoms with Gasteiger partial charge in [-0.3, -0.25) is 24.7 Å². The van der Waals surface area contributed by atoms with Gasteiger partial charge < -0.3 is 5.73 Å². The Morgan fingerprint density at radius 2 is 1.95 bits per heavy atom. The molecule has 116 valence electrons. The summed E-state index contributed by atoms with van der Waals surface area (Å²) in [6.07, 6.45) is -0.232. The first kappa shape index (κ1) is 16.4. The van der Waals surface area contributed by atoms with E-state index in [9.17, 15) is 14.4 Å². The van der Waals surface area contributed by atoms with Gasteiger partial charge in [0.2, 0.25) is 5.91 Å². The molecule has 0 unspecified atom stereocenters. The number of carbonyl (C=O) groups is 3. The maximum Gasteiger partial charge on any atom is 0.269 e. The Morgan fingerprint density at radius 1 is 1.36 bits per heavy atom. The molecule has 1 aliphatic heterocycles. The molecule has 0 aromatic heterocycles. The first-order chi connectivity index (χ1) is 10.3. The number of nitrogens with one attached hydrogen (secondary N) is 1. The third-order valence-corrected chi connectivity index (χ3v) is 4.14. The minimum absolute atomic E-state index is 0.113. The fraction of sp³-hybridized carbons (Fsp3) is 0.231. The second kappa shape index (κ2) is 6.41. The molecule has 0 radical (unpaired) electrons. The maximum atomic E-state index is 12.2. The number of hydrazine groups is 1. The molecule has 1 aliphatic rings. The number of amides is 3. The number of halogens is 1. The summed E-state index contributed by atoms with van der Waals surface area (Å²) in [5.74, 6) is -1.48. The highest BCUT2D eigenvalue weighted by Gasteiger charge is 2.42. The quantitative estimate of drug-likeness (QED) is 0.732. The number of thiocarbonyl (C=S) groups is 1. The standard InChI is InChI=1S/C13H13BrN4O3S/c1-17-12(21)9(6-10(15)19)18(13(17)22)16-11(20)7-2-4-8(14)5-3-7/h2-5,9H,6H2,1H3,(H2,15,19)(H,16,20)/t9-/m1/s1. The fourth-order valence-corrected chi connectivity index (χ4v) is 2.52. The van der Waals surface area contributed by atoms with Crippen LogP contribution in [0.5, 0.6) is 0 Å². The van der Waals surface area contributed by atoms with Crippen LogP contribution in [0.4, 0.5) is 0 Å². The van der Waals surface area contributed by atoms with Crippen molar-refractivity contribution < 1.29 is 14.4 Å². The molecule has 9 heteroatoms. The molecule has 1 aromatic carbocycles. The predicted molar refractivity (Wildman–Crippen MR) is 86.4 cm³/mol. The van der Waals surface area contributed by atoms with E-state index in [0.29, 0.717) is 5.56 Å². The van der Waals surface area contributed by atoms with Gasteiger partial charge in [-0.05, 0) is 36.5 Å². The molecule has 0 bridgehead atoms. The number of carbonyl (C=O) groups excluding carboxylic acids is 3. The van der Waals surface area contributed by atoms with E-state index < -0.39 is 17.9 Å². The summed E-state index contributed by atoms with van der Waals surface area (Å²) >= 11 is 8.40. The van der Waals surface area contributed by atoms with Crippen LogP contribution in [0, 0.1) is 0 Å². The lowest BCUT2D eigenvalue weighted by Crippen LogP contribution is -2.49. The minimum atomic E-state index is -0.922. The van der Waals surface area contributed by atoms with E-state index in [4.69, 9.17) is 18.0 Å². The topological polar surface area (TPSA) is 95.7 Å². The first-order valence-electron chi connectivity index (χ1n) is 6.27. The molecule has 3 N–H and O–H groups in total. The van der Waals surface area contributed by atoms with Crippen molar-refractivity contribution in [3.8, 4) is 0 Å². The number of hydrogen-bond acceptors (Lipinski definition) is 4. The molecule has 0 aliphatic carbocycles. The Bertz CT molecular complexity index is 649. The third kappa shape index (κ3) is 3.25. The van der Waals surface area contributed by atoms with Gasteiger partial charge in [-0.1, -0.05) is 15.9 Å². The molecule has 2 rings (SSSR count). The number of hydrogen-bond donors (Lipinski definition) is 2. The van der Waals surface area contributed by atoms with Gasteiger partial charge >= 0.3 is 0 Å². The lowest BCUT2D eigenvalue weighted by Gasteiger charge is -2.23. The van der Waals surface area contributed by atoms with Gasteiger partial charge in [0, 0.05) is 17.1 Å². The number of benzene rings is 1. The van der Waals surface area contributed by atoms with Crippen molar-refractivity contribution in [2.24, 2.45) is 5.73 Å². The number of nitrogens with two attached hydrogens (primary N) is 1.